The maximum absolute atomic E-state index is 11.0. The summed E-state index contributed by atoms with van der Waals surface area (Å²) < 4.78 is 4.44. The van der Waals surface area contributed by atoms with Gasteiger partial charge in [0.1, 0.15) is 0 Å². The Morgan fingerprint density at radius 1 is 1.39 bits per heavy atom. The Bertz CT molecular complexity index is 419. The number of methoxy groups -OCH3 is 1. The van der Waals surface area contributed by atoms with Crippen LogP contribution in [0.15, 0.2) is 24.3 Å². The number of hydrogen-bond acceptors (Lipinski definition) is 5. The fourth-order valence-corrected chi connectivity index (χ4v) is 1.32. The van der Waals surface area contributed by atoms with E-state index in [-0.39, 0.29) is 6.42 Å². The molecule has 0 bridgehead atoms. The highest BCUT2D eigenvalue weighted by Crippen LogP contribution is 2.11. The van der Waals surface area contributed by atoms with Crippen LogP contribution < -0.4 is 16.5 Å². The van der Waals surface area contributed by atoms with Crippen LogP contribution in [0.2, 0.25) is 0 Å². The number of anilines is 1. The Kier molecular flexibility index (Phi) is 5.09. The molecule has 0 aromatic heterocycles. The summed E-state index contributed by atoms with van der Waals surface area (Å²) in [7, 11) is 1.27. The van der Waals surface area contributed by atoms with Crippen molar-refractivity contribution in [3.05, 3.63) is 29.8 Å². The first-order valence-electron chi connectivity index (χ1n) is 5.20. The standard InChI is InChI=1S/C11H15N3O4/c1-18-11(16)13-8-4-2-7(3-5-8)6-9(12)10(15)14-17/h2-5,9,17H,6,12H2,1H3,(H,13,16)(H,14,15)/t9-/m0/s1. The van der Waals surface area contributed by atoms with Crippen molar-refractivity contribution < 1.29 is 19.5 Å². The van der Waals surface area contributed by atoms with Crippen LogP contribution in [0, 0.1) is 0 Å². The largest absolute Gasteiger partial charge is 0.453 e. The van der Waals surface area contributed by atoms with Gasteiger partial charge in [-0.3, -0.25) is 15.3 Å². The van der Waals surface area contributed by atoms with E-state index >= 15 is 0 Å². The molecule has 0 fully saturated rings. The predicted molar refractivity (Wildman–Crippen MR) is 64.1 cm³/mol. The molecule has 1 rings (SSSR count). The molecular formula is C11H15N3O4. The summed E-state index contributed by atoms with van der Waals surface area (Å²) in [6.07, 6.45) is -0.274. The van der Waals surface area contributed by atoms with Crippen molar-refractivity contribution in [2.75, 3.05) is 12.4 Å². The summed E-state index contributed by atoms with van der Waals surface area (Å²) in [6, 6.07) is 5.94. The lowest BCUT2D eigenvalue weighted by molar-refractivity contribution is -0.130. The Hall–Kier alpha value is -2.12. The molecule has 0 radical (unpaired) electrons. The van der Waals surface area contributed by atoms with Gasteiger partial charge in [-0.15, -0.1) is 0 Å². The number of nitrogens with one attached hydrogen (secondary N) is 2. The molecule has 0 aliphatic heterocycles. The van der Waals surface area contributed by atoms with Gasteiger partial charge in [-0.05, 0) is 24.1 Å². The fourth-order valence-electron chi connectivity index (χ4n) is 1.32. The van der Waals surface area contributed by atoms with Gasteiger partial charge in [-0.25, -0.2) is 10.3 Å². The highest BCUT2D eigenvalue weighted by atomic mass is 16.5. The van der Waals surface area contributed by atoms with Crippen molar-refractivity contribution in [3.8, 4) is 0 Å². The maximum Gasteiger partial charge on any atom is 0.411 e. The maximum atomic E-state index is 11.0. The average Bonchev–Trinajstić information content (AvgIpc) is 2.39. The normalized spacial score (nSPS) is 11.5. The lowest BCUT2D eigenvalue weighted by Gasteiger charge is -2.10. The second-order valence-corrected chi connectivity index (χ2v) is 3.60. The molecule has 0 saturated heterocycles. The van der Waals surface area contributed by atoms with E-state index in [4.69, 9.17) is 10.9 Å². The van der Waals surface area contributed by atoms with E-state index in [0.29, 0.717) is 5.69 Å². The van der Waals surface area contributed by atoms with Gasteiger partial charge in [0, 0.05) is 5.69 Å². The number of nitrogens with two attached hydrogens (primary N) is 1. The number of rotatable bonds is 4. The van der Waals surface area contributed by atoms with E-state index in [9.17, 15) is 9.59 Å². The van der Waals surface area contributed by atoms with Gasteiger partial charge in [0.05, 0.1) is 13.2 Å². The number of hydrogen-bond donors (Lipinski definition) is 4. The van der Waals surface area contributed by atoms with E-state index in [0.717, 1.165) is 5.56 Å². The molecule has 1 aromatic carbocycles. The molecule has 98 valence electrons. The first-order chi connectivity index (χ1) is 8.56. The van der Waals surface area contributed by atoms with Gasteiger partial charge < -0.3 is 10.5 Å². The second kappa shape index (κ2) is 6.58. The third-order valence-corrected chi connectivity index (χ3v) is 2.29. The van der Waals surface area contributed by atoms with Crippen molar-refractivity contribution in [1.82, 2.24) is 5.48 Å². The van der Waals surface area contributed by atoms with Crippen LogP contribution in [0.5, 0.6) is 0 Å². The number of amides is 2. The van der Waals surface area contributed by atoms with E-state index in [1.54, 1.807) is 24.3 Å². The summed E-state index contributed by atoms with van der Waals surface area (Å²) in [4.78, 5) is 21.9. The molecule has 7 heteroatoms. The lowest BCUT2D eigenvalue weighted by Crippen LogP contribution is -2.40. The molecule has 18 heavy (non-hydrogen) atoms. The minimum Gasteiger partial charge on any atom is -0.453 e. The molecular weight excluding hydrogens is 238 g/mol. The quantitative estimate of drug-likeness (QED) is 0.453. The molecule has 0 spiro atoms. The van der Waals surface area contributed by atoms with E-state index in [1.807, 2.05) is 0 Å². The Labute approximate surface area is 104 Å². The third kappa shape index (κ3) is 4.04. The molecule has 1 atom stereocenters. The molecule has 2 amide bonds. The monoisotopic (exact) mass is 253 g/mol. The molecule has 0 aliphatic carbocycles. The summed E-state index contributed by atoms with van der Waals surface area (Å²) in [5, 5.41) is 10.9. The van der Waals surface area contributed by atoms with Gasteiger partial charge in [0.25, 0.3) is 5.91 Å². The highest BCUT2D eigenvalue weighted by Gasteiger charge is 2.12. The fraction of sp³-hybridized carbons (Fsp3) is 0.273. The van der Waals surface area contributed by atoms with Gasteiger partial charge >= 0.3 is 6.09 Å². The van der Waals surface area contributed by atoms with Crippen molar-refractivity contribution >= 4 is 17.7 Å². The van der Waals surface area contributed by atoms with Gasteiger partial charge in [-0.2, -0.15) is 0 Å². The number of carbonyl (C=O) groups is 2. The van der Waals surface area contributed by atoms with Crippen molar-refractivity contribution in [2.45, 2.75) is 12.5 Å². The number of carbonyl (C=O) groups excluding carboxylic acids is 2. The summed E-state index contributed by atoms with van der Waals surface area (Å²) in [5.74, 6) is -0.647. The number of hydroxylamine groups is 1. The third-order valence-electron chi connectivity index (χ3n) is 2.29. The zero-order valence-electron chi connectivity index (χ0n) is 9.84. The van der Waals surface area contributed by atoms with Gasteiger partial charge in [0.2, 0.25) is 0 Å². The SMILES string of the molecule is COC(=O)Nc1ccc(C[C@H](N)C(=O)NO)cc1. The molecule has 0 heterocycles. The van der Waals surface area contributed by atoms with E-state index in [2.05, 4.69) is 10.1 Å². The Balaban J connectivity index is 2.60. The lowest BCUT2D eigenvalue weighted by atomic mass is 10.1. The molecule has 5 N–H and O–H groups in total. The molecule has 0 aliphatic rings. The van der Waals surface area contributed by atoms with E-state index in [1.165, 1.54) is 12.6 Å². The topological polar surface area (TPSA) is 114 Å². The summed E-state index contributed by atoms with van der Waals surface area (Å²) in [5.41, 5.74) is 8.41. The van der Waals surface area contributed by atoms with Gasteiger partial charge in [0.15, 0.2) is 0 Å². The zero-order chi connectivity index (χ0) is 13.5. The van der Waals surface area contributed by atoms with Crippen LogP contribution in [0.25, 0.3) is 0 Å². The van der Waals surface area contributed by atoms with Crippen molar-refractivity contribution in [1.29, 1.82) is 0 Å². The minimum atomic E-state index is -0.825. The van der Waals surface area contributed by atoms with Gasteiger partial charge in [-0.1, -0.05) is 12.1 Å². The van der Waals surface area contributed by atoms with Crippen LogP contribution >= 0.6 is 0 Å². The summed E-state index contributed by atoms with van der Waals surface area (Å²) in [6.45, 7) is 0. The molecule has 0 saturated carbocycles. The zero-order valence-corrected chi connectivity index (χ0v) is 9.84. The average molecular weight is 253 g/mol. The molecule has 0 unspecified atom stereocenters. The minimum absolute atomic E-state index is 0.283. The van der Waals surface area contributed by atoms with Crippen LogP contribution in [0.3, 0.4) is 0 Å². The van der Waals surface area contributed by atoms with Crippen LogP contribution in [0.1, 0.15) is 5.56 Å². The molecule has 1 aromatic rings. The summed E-state index contributed by atoms with van der Waals surface area (Å²) >= 11 is 0. The highest BCUT2D eigenvalue weighted by molar-refractivity contribution is 5.84. The second-order valence-electron chi connectivity index (χ2n) is 3.60. The van der Waals surface area contributed by atoms with Crippen molar-refractivity contribution in [2.24, 2.45) is 5.73 Å². The first-order valence-corrected chi connectivity index (χ1v) is 5.20. The molecule has 7 nitrogen and oxygen atoms in total. The Morgan fingerprint density at radius 3 is 2.50 bits per heavy atom. The first kappa shape index (κ1) is 13.9. The van der Waals surface area contributed by atoms with Crippen molar-refractivity contribution in [3.63, 3.8) is 0 Å². The smallest absolute Gasteiger partial charge is 0.411 e. The van der Waals surface area contributed by atoms with Crippen LogP contribution in [-0.4, -0.2) is 30.4 Å². The Morgan fingerprint density at radius 2 is 2.00 bits per heavy atom. The predicted octanol–water partition coefficient (Wildman–Crippen LogP) is 0.240. The van der Waals surface area contributed by atoms with Crippen LogP contribution in [-0.2, 0) is 16.0 Å². The van der Waals surface area contributed by atoms with Crippen LogP contribution in [0.4, 0.5) is 10.5 Å². The van der Waals surface area contributed by atoms with E-state index < -0.39 is 18.0 Å². The number of ether oxygens (including phenoxy) is 1. The number of benzene rings is 1.